The van der Waals surface area contributed by atoms with E-state index >= 15 is 0 Å². The second kappa shape index (κ2) is 7.91. The van der Waals surface area contributed by atoms with Gasteiger partial charge in [-0.3, -0.25) is 19.7 Å². The molecule has 2 rings (SSSR count). The monoisotopic (exact) mass is 342 g/mol. The summed E-state index contributed by atoms with van der Waals surface area (Å²) in [6.07, 6.45) is 0. The molecule has 0 bridgehead atoms. The molecule has 0 atom stereocenters. The number of hydrogen-bond acceptors (Lipinski definition) is 5. The van der Waals surface area contributed by atoms with Crippen molar-refractivity contribution in [3.8, 4) is 0 Å². The molecule has 0 spiro atoms. The predicted octanol–water partition coefficient (Wildman–Crippen LogP) is 2.31. The summed E-state index contributed by atoms with van der Waals surface area (Å²) in [5.74, 6) is -0.739. The number of nitrogens with zero attached hydrogens (tertiary/aromatic N) is 1. The molecule has 2 aromatic carbocycles. The van der Waals surface area contributed by atoms with Crippen molar-refractivity contribution < 1.29 is 14.5 Å². The first-order chi connectivity index (χ1) is 11.9. The Morgan fingerprint density at radius 3 is 2.52 bits per heavy atom. The Labute approximate surface area is 144 Å². The van der Waals surface area contributed by atoms with Gasteiger partial charge in [0.05, 0.1) is 17.0 Å². The molecule has 8 nitrogen and oxygen atoms in total. The van der Waals surface area contributed by atoms with Gasteiger partial charge in [-0.25, -0.2) is 0 Å². The van der Waals surface area contributed by atoms with E-state index < -0.39 is 10.8 Å². The van der Waals surface area contributed by atoms with Crippen LogP contribution < -0.4 is 16.0 Å². The average molecular weight is 342 g/mol. The molecule has 0 aliphatic rings. The Balaban J connectivity index is 2.08. The lowest BCUT2D eigenvalue weighted by molar-refractivity contribution is -0.384. The molecule has 0 fully saturated rings. The van der Waals surface area contributed by atoms with Gasteiger partial charge in [0.15, 0.2) is 0 Å². The van der Waals surface area contributed by atoms with Crippen molar-refractivity contribution in [1.29, 1.82) is 0 Å². The molecule has 0 aromatic heterocycles. The van der Waals surface area contributed by atoms with Gasteiger partial charge < -0.3 is 16.0 Å². The second-order valence-corrected chi connectivity index (χ2v) is 5.30. The molecule has 3 N–H and O–H groups in total. The van der Waals surface area contributed by atoms with Gasteiger partial charge in [-0.1, -0.05) is 18.2 Å². The Morgan fingerprint density at radius 2 is 1.84 bits per heavy atom. The number of nitro groups is 1. The summed E-state index contributed by atoms with van der Waals surface area (Å²) < 4.78 is 0. The molecule has 0 heterocycles. The molecule has 0 unspecified atom stereocenters. The van der Waals surface area contributed by atoms with E-state index in [1.165, 1.54) is 19.2 Å². The van der Waals surface area contributed by atoms with E-state index in [-0.39, 0.29) is 23.8 Å². The van der Waals surface area contributed by atoms with Gasteiger partial charge in [0, 0.05) is 18.8 Å². The van der Waals surface area contributed by atoms with Crippen molar-refractivity contribution in [2.75, 3.05) is 24.2 Å². The fourth-order valence-electron chi connectivity index (χ4n) is 2.24. The van der Waals surface area contributed by atoms with Crippen LogP contribution in [0.15, 0.2) is 42.5 Å². The third kappa shape index (κ3) is 4.54. The van der Waals surface area contributed by atoms with Crippen LogP contribution in [0.3, 0.4) is 0 Å². The van der Waals surface area contributed by atoms with Gasteiger partial charge in [-0.05, 0) is 30.7 Å². The highest BCUT2D eigenvalue weighted by Crippen LogP contribution is 2.25. The zero-order valence-electron chi connectivity index (χ0n) is 13.8. The van der Waals surface area contributed by atoms with E-state index in [4.69, 9.17) is 0 Å². The van der Waals surface area contributed by atoms with Crippen LogP contribution in [0.5, 0.6) is 0 Å². The van der Waals surface area contributed by atoms with E-state index in [0.29, 0.717) is 11.3 Å². The summed E-state index contributed by atoms with van der Waals surface area (Å²) in [5.41, 5.74) is 1.58. The Hall–Kier alpha value is -3.42. The number of carbonyl (C=O) groups is 2. The van der Waals surface area contributed by atoms with Gasteiger partial charge in [0.25, 0.3) is 11.6 Å². The van der Waals surface area contributed by atoms with E-state index in [1.54, 1.807) is 37.3 Å². The number of nitro benzene ring substituents is 1. The van der Waals surface area contributed by atoms with Crippen molar-refractivity contribution in [2.24, 2.45) is 0 Å². The third-order valence-electron chi connectivity index (χ3n) is 3.46. The summed E-state index contributed by atoms with van der Waals surface area (Å²) in [5, 5.41) is 19.0. The molecule has 2 amide bonds. The SMILES string of the molecule is CNC(=O)c1ccccc1NCC(=O)Nc1ccc(C)cc1[N+](=O)[O-]. The number of carbonyl (C=O) groups excluding carboxylic acids is 2. The zero-order chi connectivity index (χ0) is 18.4. The predicted molar refractivity (Wildman–Crippen MR) is 94.8 cm³/mol. The Morgan fingerprint density at radius 1 is 1.12 bits per heavy atom. The van der Waals surface area contributed by atoms with E-state index in [9.17, 15) is 19.7 Å². The van der Waals surface area contributed by atoms with Crippen molar-refractivity contribution in [1.82, 2.24) is 5.32 Å². The minimum absolute atomic E-state index is 0.127. The Kier molecular flexibility index (Phi) is 5.67. The average Bonchev–Trinajstić information content (AvgIpc) is 2.61. The highest BCUT2D eigenvalue weighted by atomic mass is 16.6. The maximum Gasteiger partial charge on any atom is 0.293 e. The number of amides is 2. The van der Waals surface area contributed by atoms with E-state index in [0.717, 1.165) is 5.56 Å². The minimum atomic E-state index is -0.545. The number of aryl methyl sites for hydroxylation is 1. The van der Waals surface area contributed by atoms with Crippen LogP contribution in [0.4, 0.5) is 17.1 Å². The highest BCUT2D eigenvalue weighted by molar-refractivity contribution is 6.01. The summed E-state index contributed by atoms with van der Waals surface area (Å²) in [7, 11) is 1.52. The molecular formula is C17H18N4O4. The van der Waals surface area contributed by atoms with Crippen molar-refractivity contribution in [3.05, 3.63) is 63.7 Å². The molecule has 0 radical (unpaired) electrons. The van der Waals surface area contributed by atoms with Gasteiger partial charge >= 0.3 is 0 Å². The summed E-state index contributed by atoms with van der Waals surface area (Å²) >= 11 is 0. The standard InChI is InChI=1S/C17H18N4O4/c1-11-7-8-14(15(9-11)21(24)25)20-16(22)10-19-13-6-4-3-5-12(13)17(23)18-2/h3-9,19H,10H2,1-2H3,(H,18,23)(H,20,22). The molecule has 8 heteroatoms. The molecule has 0 saturated heterocycles. The van der Waals surface area contributed by atoms with Crippen LogP contribution in [0, 0.1) is 17.0 Å². The number of benzene rings is 2. The number of para-hydroxylation sites is 1. The van der Waals surface area contributed by atoms with Crippen LogP contribution in [-0.2, 0) is 4.79 Å². The van der Waals surface area contributed by atoms with Crippen molar-refractivity contribution in [2.45, 2.75) is 6.92 Å². The van der Waals surface area contributed by atoms with Gasteiger partial charge in [0.2, 0.25) is 5.91 Å². The van der Waals surface area contributed by atoms with Crippen molar-refractivity contribution in [3.63, 3.8) is 0 Å². The number of anilines is 2. The molecule has 0 saturated carbocycles. The van der Waals surface area contributed by atoms with Gasteiger partial charge in [-0.2, -0.15) is 0 Å². The smallest absolute Gasteiger partial charge is 0.293 e. The number of hydrogen-bond donors (Lipinski definition) is 3. The molecule has 2 aromatic rings. The topological polar surface area (TPSA) is 113 Å². The van der Waals surface area contributed by atoms with E-state index in [2.05, 4.69) is 16.0 Å². The zero-order valence-corrected chi connectivity index (χ0v) is 13.8. The van der Waals surface area contributed by atoms with Crippen LogP contribution in [0.2, 0.25) is 0 Å². The quantitative estimate of drug-likeness (QED) is 0.551. The first-order valence-corrected chi connectivity index (χ1v) is 7.52. The maximum absolute atomic E-state index is 12.1. The summed E-state index contributed by atoms with van der Waals surface area (Å²) in [6, 6.07) is 11.3. The van der Waals surface area contributed by atoms with Crippen LogP contribution in [0.25, 0.3) is 0 Å². The maximum atomic E-state index is 12.1. The van der Waals surface area contributed by atoms with Crippen LogP contribution >= 0.6 is 0 Å². The largest absolute Gasteiger partial charge is 0.376 e. The van der Waals surface area contributed by atoms with Crippen LogP contribution in [-0.4, -0.2) is 30.3 Å². The molecule has 25 heavy (non-hydrogen) atoms. The lowest BCUT2D eigenvalue weighted by Gasteiger charge is -2.11. The van der Waals surface area contributed by atoms with Gasteiger partial charge in [-0.15, -0.1) is 0 Å². The molecular weight excluding hydrogens is 324 g/mol. The lowest BCUT2D eigenvalue weighted by Crippen LogP contribution is -2.24. The fraction of sp³-hybridized carbons (Fsp3) is 0.176. The second-order valence-electron chi connectivity index (χ2n) is 5.30. The normalized spacial score (nSPS) is 10.0. The first kappa shape index (κ1) is 17.9. The fourth-order valence-corrected chi connectivity index (χ4v) is 2.24. The molecule has 0 aliphatic heterocycles. The molecule has 130 valence electrons. The lowest BCUT2D eigenvalue weighted by atomic mass is 10.1. The Bertz CT molecular complexity index is 820. The van der Waals surface area contributed by atoms with Gasteiger partial charge in [0.1, 0.15) is 5.69 Å². The molecule has 0 aliphatic carbocycles. The minimum Gasteiger partial charge on any atom is -0.376 e. The number of rotatable bonds is 6. The van der Waals surface area contributed by atoms with Crippen molar-refractivity contribution >= 4 is 28.9 Å². The summed E-state index contributed by atoms with van der Waals surface area (Å²) in [4.78, 5) is 34.4. The summed E-state index contributed by atoms with van der Waals surface area (Å²) in [6.45, 7) is 1.59. The van der Waals surface area contributed by atoms with E-state index in [1.807, 2.05) is 0 Å². The first-order valence-electron chi connectivity index (χ1n) is 7.52. The highest BCUT2D eigenvalue weighted by Gasteiger charge is 2.16. The third-order valence-corrected chi connectivity index (χ3v) is 3.46. The van der Waals surface area contributed by atoms with Crippen LogP contribution in [0.1, 0.15) is 15.9 Å². The number of nitrogens with one attached hydrogen (secondary N) is 3.